The van der Waals surface area contributed by atoms with Crippen molar-refractivity contribution in [2.45, 2.75) is 13.3 Å². The first kappa shape index (κ1) is 21.1. The molecule has 0 unspecified atom stereocenters. The molecule has 8 heteroatoms. The van der Waals surface area contributed by atoms with Gasteiger partial charge in [0.05, 0.1) is 18.2 Å². The Kier molecular flexibility index (Phi) is 8.98. The minimum Gasteiger partial charge on any atom is -0.490 e. The van der Waals surface area contributed by atoms with Crippen LogP contribution in [0, 0.1) is 11.3 Å². The molecular weight excluding hydrogens is 364 g/mol. The van der Waals surface area contributed by atoms with Crippen LogP contribution in [0.5, 0.6) is 5.75 Å². The van der Waals surface area contributed by atoms with Gasteiger partial charge in [-0.05, 0) is 31.3 Å². The second-order valence-corrected chi connectivity index (χ2v) is 6.42. The lowest BCUT2D eigenvalue weighted by Gasteiger charge is -2.35. The second-order valence-electron chi connectivity index (χ2n) is 6.04. The van der Waals surface area contributed by atoms with E-state index in [1.807, 2.05) is 17.9 Å². The number of thiocarbonyl (C=S) groups is 1. The van der Waals surface area contributed by atoms with Crippen molar-refractivity contribution in [2.24, 2.45) is 0 Å². The van der Waals surface area contributed by atoms with Crippen LogP contribution in [0.1, 0.15) is 23.7 Å². The van der Waals surface area contributed by atoms with Gasteiger partial charge in [0.15, 0.2) is 5.11 Å². The Hall–Kier alpha value is -2.21. The van der Waals surface area contributed by atoms with Crippen LogP contribution >= 0.6 is 12.2 Å². The molecule has 1 N–H and O–H groups in total. The first-order valence-electron chi connectivity index (χ1n) is 9.14. The molecular formula is C19H26N4O3S. The zero-order valence-electron chi connectivity index (χ0n) is 15.6. The van der Waals surface area contributed by atoms with E-state index in [1.165, 1.54) is 0 Å². The number of ether oxygens (including phenoxy) is 2. The van der Waals surface area contributed by atoms with E-state index in [-0.39, 0.29) is 5.91 Å². The minimum atomic E-state index is -0.279. The van der Waals surface area contributed by atoms with Crippen LogP contribution in [0.25, 0.3) is 0 Å². The van der Waals surface area contributed by atoms with Gasteiger partial charge in [-0.15, -0.1) is 0 Å². The highest BCUT2D eigenvalue weighted by Gasteiger charge is 2.21. The summed E-state index contributed by atoms with van der Waals surface area (Å²) in [6.07, 6.45) is 0.529. The van der Waals surface area contributed by atoms with Crippen LogP contribution < -0.4 is 10.1 Å². The third-order valence-corrected chi connectivity index (χ3v) is 4.60. The number of para-hydroxylation sites is 1. The van der Waals surface area contributed by atoms with Gasteiger partial charge in [-0.1, -0.05) is 12.1 Å². The molecule has 1 aromatic rings. The third-order valence-electron chi connectivity index (χ3n) is 4.24. The fraction of sp³-hybridized carbons (Fsp3) is 0.526. The van der Waals surface area contributed by atoms with Gasteiger partial charge in [0.1, 0.15) is 12.4 Å². The highest BCUT2D eigenvalue weighted by atomic mass is 32.1. The lowest BCUT2D eigenvalue weighted by Crippen LogP contribution is -2.52. The van der Waals surface area contributed by atoms with Crippen LogP contribution in [0.4, 0.5) is 0 Å². The summed E-state index contributed by atoms with van der Waals surface area (Å²) in [6, 6.07) is 9.26. The van der Waals surface area contributed by atoms with Gasteiger partial charge in [0.2, 0.25) is 0 Å². The Labute approximate surface area is 165 Å². The number of carbonyl (C=O) groups excluding carboxylic acids is 1. The number of amides is 1. The first-order chi connectivity index (χ1) is 13.2. The van der Waals surface area contributed by atoms with Gasteiger partial charge in [-0.25, -0.2) is 0 Å². The van der Waals surface area contributed by atoms with Crippen molar-refractivity contribution in [3.05, 3.63) is 29.8 Å². The summed E-state index contributed by atoms with van der Waals surface area (Å²) in [4.78, 5) is 16.8. The Bertz CT molecular complexity index is 669. The molecule has 1 amide bonds. The summed E-state index contributed by atoms with van der Waals surface area (Å²) in [6.45, 7) is 7.30. The van der Waals surface area contributed by atoms with Crippen LogP contribution in [-0.4, -0.2) is 73.4 Å². The fourth-order valence-corrected chi connectivity index (χ4v) is 3.04. The van der Waals surface area contributed by atoms with Crippen molar-refractivity contribution in [1.29, 1.82) is 5.26 Å². The molecule has 1 aliphatic heterocycles. The number of nitriles is 1. The summed E-state index contributed by atoms with van der Waals surface area (Å²) in [7, 11) is 0. The van der Waals surface area contributed by atoms with Crippen LogP contribution in [-0.2, 0) is 4.74 Å². The van der Waals surface area contributed by atoms with E-state index in [0.717, 1.165) is 32.7 Å². The summed E-state index contributed by atoms with van der Waals surface area (Å²) in [5.41, 5.74) is 0.448. The number of nitrogens with one attached hydrogen (secondary N) is 1. The topological polar surface area (TPSA) is 77.8 Å². The molecule has 0 bridgehead atoms. The Morgan fingerprint density at radius 1 is 1.26 bits per heavy atom. The van der Waals surface area contributed by atoms with E-state index in [9.17, 15) is 4.79 Å². The fourth-order valence-electron chi connectivity index (χ4n) is 2.76. The summed E-state index contributed by atoms with van der Waals surface area (Å²) >= 11 is 5.40. The normalized spacial score (nSPS) is 14.4. The van der Waals surface area contributed by atoms with Crippen molar-refractivity contribution < 1.29 is 14.3 Å². The largest absolute Gasteiger partial charge is 0.490 e. The second kappa shape index (κ2) is 11.5. The predicted molar refractivity (Wildman–Crippen MR) is 107 cm³/mol. The average Bonchev–Trinajstić information content (AvgIpc) is 2.70. The van der Waals surface area contributed by atoms with E-state index in [1.54, 1.807) is 18.2 Å². The van der Waals surface area contributed by atoms with Gasteiger partial charge in [0, 0.05) is 45.8 Å². The molecule has 1 heterocycles. The number of piperazine rings is 1. The van der Waals surface area contributed by atoms with Gasteiger partial charge < -0.3 is 14.4 Å². The van der Waals surface area contributed by atoms with E-state index in [0.29, 0.717) is 42.7 Å². The minimum absolute atomic E-state index is 0.279. The number of hydrogen-bond acceptors (Lipinski definition) is 6. The smallest absolute Gasteiger partial charge is 0.261 e. The SMILES string of the molecule is CCOCCOc1ccccc1C(=O)NC(=S)N1CCN(CCC#N)CC1. The maximum atomic E-state index is 12.6. The molecule has 146 valence electrons. The standard InChI is InChI=1S/C19H26N4O3S/c1-2-25-14-15-26-17-7-4-3-6-16(17)18(24)21-19(27)23-12-10-22(11-13-23)9-5-8-20/h3-4,6-7H,2,5,9-15H2,1H3,(H,21,24,27). The van der Waals surface area contributed by atoms with Crippen molar-refractivity contribution in [3.63, 3.8) is 0 Å². The van der Waals surface area contributed by atoms with Gasteiger partial charge in [-0.3, -0.25) is 15.0 Å². The number of benzene rings is 1. The molecule has 0 spiro atoms. The number of nitrogens with zero attached hydrogens (tertiary/aromatic N) is 3. The zero-order chi connectivity index (χ0) is 19.5. The van der Waals surface area contributed by atoms with Crippen molar-refractivity contribution in [2.75, 3.05) is 52.5 Å². The molecule has 0 saturated carbocycles. The predicted octanol–water partition coefficient (Wildman–Crippen LogP) is 1.65. The molecule has 1 fully saturated rings. The summed E-state index contributed by atoms with van der Waals surface area (Å²) in [5, 5.41) is 11.9. The van der Waals surface area contributed by atoms with Gasteiger partial charge in [-0.2, -0.15) is 5.26 Å². The number of rotatable bonds is 8. The van der Waals surface area contributed by atoms with E-state index < -0.39 is 0 Å². The molecule has 7 nitrogen and oxygen atoms in total. The number of hydrogen-bond donors (Lipinski definition) is 1. The van der Waals surface area contributed by atoms with Crippen LogP contribution in [0.2, 0.25) is 0 Å². The zero-order valence-corrected chi connectivity index (χ0v) is 16.5. The van der Waals surface area contributed by atoms with Gasteiger partial charge in [0.25, 0.3) is 5.91 Å². The first-order valence-corrected chi connectivity index (χ1v) is 9.55. The monoisotopic (exact) mass is 390 g/mol. The van der Waals surface area contributed by atoms with E-state index in [2.05, 4.69) is 16.3 Å². The Morgan fingerprint density at radius 2 is 2.00 bits per heavy atom. The van der Waals surface area contributed by atoms with Crippen molar-refractivity contribution >= 4 is 23.2 Å². The third kappa shape index (κ3) is 6.79. The average molecular weight is 391 g/mol. The lowest BCUT2D eigenvalue weighted by molar-refractivity contribution is 0.0951. The summed E-state index contributed by atoms with van der Waals surface area (Å²) in [5.74, 6) is 0.234. The maximum Gasteiger partial charge on any atom is 0.261 e. The van der Waals surface area contributed by atoms with Crippen molar-refractivity contribution in [1.82, 2.24) is 15.1 Å². The van der Waals surface area contributed by atoms with E-state index in [4.69, 9.17) is 27.0 Å². The molecule has 2 rings (SSSR count). The highest BCUT2D eigenvalue weighted by molar-refractivity contribution is 7.80. The molecule has 0 atom stereocenters. The Balaban J connectivity index is 1.86. The summed E-state index contributed by atoms with van der Waals surface area (Å²) < 4.78 is 10.9. The Morgan fingerprint density at radius 3 is 2.70 bits per heavy atom. The van der Waals surface area contributed by atoms with Crippen molar-refractivity contribution in [3.8, 4) is 11.8 Å². The molecule has 0 aromatic heterocycles. The molecule has 1 aliphatic rings. The highest BCUT2D eigenvalue weighted by Crippen LogP contribution is 2.18. The van der Waals surface area contributed by atoms with Gasteiger partial charge >= 0.3 is 0 Å². The van der Waals surface area contributed by atoms with E-state index >= 15 is 0 Å². The molecule has 27 heavy (non-hydrogen) atoms. The lowest BCUT2D eigenvalue weighted by atomic mass is 10.2. The van der Waals surface area contributed by atoms with Crippen LogP contribution in [0.3, 0.4) is 0 Å². The quantitative estimate of drug-likeness (QED) is 0.534. The maximum absolute atomic E-state index is 12.6. The number of carbonyl (C=O) groups is 1. The van der Waals surface area contributed by atoms with Crippen LogP contribution in [0.15, 0.2) is 24.3 Å². The molecule has 0 aliphatic carbocycles. The molecule has 1 saturated heterocycles. The molecule has 1 aromatic carbocycles. The molecule has 0 radical (unpaired) electrons.